The van der Waals surface area contributed by atoms with E-state index in [9.17, 15) is 4.79 Å². The highest BCUT2D eigenvalue weighted by atomic mass is 19.1. The lowest BCUT2D eigenvalue weighted by Gasteiger charge is -2.27. The summed E-state index contributed by atoms with van der Waals surface area (Å²) in [6, 6.07) is 4.96. The normalized spacial score (nSPS) is 14.2. The summed E-state index contributed by atoms with van der Waals surface area (Å²) in [4.78, 5) is 22.4. The summed E-state index contributed by atoms with van der Waals surface area (Å²) in [7, 11) is 0. The molecule has 1 amide bonds. The van der Waals surface area contributed by atoms with Crippen LogP contribution in [0.2, 0.25) is 0 Å². The van der Waals surface area contributed by atoms with Gasteiger partial charge in [-0.3, -0.25) is 9.48 Å². The molecule has 0 spiro atoms. The summed E-state index contributed by atoms with van der Waals surface area (Å²) in [5.74, 6) is -0.409. The van der Waals surface area contributed by atoms with Gasteiger partial charge in [-0.2, -0.15) is 15.2 Å². The number of halogens is 1. The highest BCUT2D eigenvalue weighted by molar-refractivity contribution is 5.95. The van der Waals surface area contributed by atoms with Crippen molar-refractivity contribution in [3.63, 3.8) is 0 Å². The number of carbonyl (C=O) groups is 1. The molecule has 0 unspecified atom stereocenters. The zero-order valence-corrected chi connectivity index (χ0v) is 17.6. The molecule has 1 aliphatic heterocycles. The van der Waals surface area contributed by atoms with Gasteiger partial charge in [-0.15, -0.1) is 0 Å². The van der Waals surface area contributed by atoms with Gasteiger partial charge in [0.2, 0.25) is 5.95 Å². The highest BCUT2D eigenvalue weighted by Crippen LogP contribution is 2.25. The summed E-state index contributed by atoms with van der Waals surface area (Å²) in [5, 5.41) is 21.3. The van der Waals surface area contributed by atoms with Gasteiger partial charge in [0.15, 0.2) is 11.5 Å². The molecule has 3 aromatic heterocycles. The average Bonchev–Trinajstić information content (AvgIpc) is 3.43. The molecular weight excluding hydrogens is 431 g/mol. The van der Waals surface area contributed by atoms with E-state index in [4.69, 9.17) is 9.84 Å². The van der Waals surface area contributed by atoms with Gasteiger partial charge in [-0.1, -0.05) is 12.1 Å². The van der Waals surface area contributed by atoms with Crippen molar-refractivity contribution in [3.05, 3.63) is 54.4 Å². The van der Waals surface area contributed by atoms with Crippen LogP contribution >= 0.6 is 0 Å². The van der Waals surface area contributed by atoms with Gasteiger partial charge in [-0.05, 0) is 6.07 Å². The Bertz CT molecular complexity index is 1300. The number of hydrogen-bond acceptors (Lipinski definition) is 8. The maximum absolute atomic E-state index is 15.3. The van der Waals surface area contributed by atoms with Gasteiger partial charge in [0, 0.05) is 24.5 Å². The molecule has 1 aromatic carbocycles. The molecule has 5 rings (SSSR count). The van der Waals surface area contributed by atoms with Crippen LogP contribution in [0.3, 0.4) is 0 Å². The number of hydrogen-bond donors (Lipinski definition) is 2. The summed E-state index contributed by atoms with van der Waals surface area (Å²) >= 11 is 0. The lowest BCUT2D eigenvalue weighted by molar-refractivity contribution is -0.125. The molecule has 2 N–H and O–H groups in total. The summed E-state index contributed by atoms with van der Waals surface area (Å²) in [6.45, 7) is 1.12. The fourth-order valence-electron chi connectivity index (χ4n) is 3.66. The monoisotopic (exact) mass is 452 g/mol. The van der Waals surface area contributed by atoms with Gasteiger partial charge < -0.3 is 20.1 Å². The van der Waals surface area contributed by atoms with Crippen LogP contribution in [0.5, 0.6) is 0 Å². The van der Waals surface area contributed by atoms with E-state index in [0.717, 1.165) is 0 Å². The molecule has 0 radical (unpaired) electrons. The summed E-state index contributed by atoms with van der Waals surface area (Å²) in [6.07, 6.45) is 6.58. The number of aliphatic hydroxyl groups excluding tert-OH is 1. The molecule has 0 aliphatic carbocycles. The van der Waals surface area contributed by atoms with Gasteiger partial charge in [-0.25, -0.2) is 14.1 Å². The van der Waals surface area contributed by atoms with Crippen LogP contribution in [0, 0.1) is 5.82 Å². The Hall–Kier alpha value is -3.90. The number of aromatic nitrogens is 6. The van der Waals surface area contributed by atoms with Crippen molar-refractivity contribution in [1.82, 2.24) is 29.5 Å². The minimum absolute atomic E-state index is 0.0137. The second-order valence-corrected chi connectivity index (χ2v) is 7.46. The number of rotatable bonds is 7. The van der Waals surface area contributed by atoms with Crippen molar-refractivity contribution >= 4 is 34.3 Å². The van der Waals surface area contributed by atoms with E-state index in [1.807, 2.05) is 0 Å². The number of benzene rings is 1. The standard InChI is InChI=1S/C21H21FN8O3/c22-19-14(2-1-3-17(19)29-5-7-33-13-18(29)32)11-30-20-15(9-25-30)8-23-21(27-20)26-16-10-24-28(12-16)4-6-31/h1-3,8-10,12,31H,4-7,11,13H2,(H,23,26,27). The molecule has 12 heteroatoms. The van der Waals surface area contributed by atoms with Crippen molar-refractivity contribution in [2.75, 3.05) is 36.6 Å². The quantitative estimate of drug-likeness (QED) is 0.430. The Balaban J connectivity index is 1.40. The zero-order chi connectivity index (χ0) is 22.8. The fourth-order valence-corrected chi connectivity index (χ4v) is 3.66. The molecule has 170 valence electrons. The first kappa shape index (κ1) is 21.0. The molecule has 1 fully saturated rings. The van der Waals surface area contributed by atoms with Gasteiger partial charge in [0.05, 0.1) is 55.5 Å². The van der Waals surface area contributed by atoms with E-state index in [1.165, 1.54) is 4.90 Å². The van der Waals surface area contributed by atoms with Gasteiger partial charge >= 0.3 is 0 Å². The van der Waals surface area contributed by atoms with Crippen LogP contribution in [0.4, 0.5) is 21.7 Å². The predicted molar refractivity (Wildman–Crippen MR) is 117 cm³/mol. The third kappa shape index (κ3) is 4.25. The molecule has 33 heavy (non-hydrogen) atoms. The maximum Gasteiger partial charge on any atom is 0.253 e. The van der Waals surface area contributed by atoms with E-state index < -0.39 is 5.82 Å². The molecule has 0 atom stereocenters. The summed E-state index contributed by atoms with van der Waals surface area (Å²) < 4.78 is 23.6. The number of amides is 1. The van der Waals surface area contributed by atoms with E-state index >= 15 is 4.39 Å². The highest BCUT2D eigenvalue weighted by Gasteiger charge is 2.24. The Morgan fingerprint density at radius 3 is 2.97 bits per heavy atom. The van der Waals surface area contributed by atoms with Crippen LogP contribution in [0.15, 0.2) is 43.0 Å². The van der Waals surface area contributed by atoms with Crippen LogP contribution in [0.25, 0.3) is 11.0 Å². The number of fused-ring (bicyclic) bond motifs is 1. The lowest BCUT2D eigenvalue weighted by Crippen LogP contribution is -2.42. The van der Waals surface area contributed by atoms with Crippen LogP contribution in [0.1, 0.15) is 5.56 Å². The Kier molecular flexibility index (Phi) is 5.67. The lowest BCUT2D eigenvalue weighted by atomic mass is 10.1. The number of ether oxygens (including phenoxy) is 1. The molecule has 1 saturated heterocycles. The van der Waals surface area contributed by atoms with E-state index in [1.54, 1.807) is 52.4 Å². The van der Waals surface area contributed by atoms with E-state index in [2.05, 4.69) is 25.5 Å². The third-order valence-corrected chi connectivity index (χ3v) is 5.25. The number of aliphatic hydroxyl groups is 1. The van der Waals surface area contributed by atoms with Crippen LogP contribution in [-0.2, 0) is 22.6 Å². The number of nitrogens with zero attached hydrogens (tertiary/aromatic N) is 7. The van der Waals surface area contributed by atoms with Crippen molar-refractivity contribution < 1.29 is 19.0 Å². The molecule has 0 bridgehead atoms. The molecule has 4 aromatic rings. The first-order valence-corrected chi connectivity index (χ1v) is 10.4. The van der Waals surface area contributed by atoms with E-state index in [-0.39, 0.29) is 31.4 Å². The van der Waals surface area contributed by atoms with Crippen molar-refractivity contribution in [1.29, 1.82) is 0 Å². The Morgan fingerprint density at radius 2 is 2.12 bits per heavy atom. The average molecular weight is 452 g/mol. The second-order valence-electron chi connectivity index (χ2n) is 7.46. The van der Waals surface area contributed by atoms with Crippen LogP contribution < -0.4 is 10.2 Å². The molecular formula is C21H21FN8O3. The Morgan fingerprint density at radius 1 is 1.21 bits per heavy atom. The molecule has 1 aliphatic rings. The van der Waals surface area contributed by atoms with Gasteiger partial charge in [0.1, 0.15) is 6.61 Å². The van der Waals surface area contributed by atoms with E-state index in [0.29, 0.717) is 47.9 Å². The number of morpholine rings is 1. The first-order valence-electron chi connectivity index (χ1n) is 10.4. The topological polar surface area (TPSA) is 123 Å². The predicted octanol–water partition coefficient (Wildman–Crippen LogP) is 1.31. The first-order chi connectivity index (χ1) is 16.1. The van der Waals surface area contributed by atoms with Crippen molar-refractivity contribution in [3.8, 4) is 0 Å². The SMILES string of the molecule is O=C1COCCN1c1cccc(Cn2ncc3cnc(Nc4cnn(CCO)c4)nc32)c1F. The van der Waals surface area contributed by atoms with Crippen molar-refractivity contribution in [2.24, 2.45) is 0 Å². The van der Waals surface area contributed by atoms with Crippen molar-refractivity contribution in [2.45, 2.75) is 13.1 Å². The minimum Gasteiger partial charge on any atom is -0.394 e. The number of anilines is 3. The zero-order valence-electron chi connectivity index (χ0n) is 17.6. The number of carbonyl (C=O) groups excluding carboxylic acids is 1. The molecule has 4 heterocycles. The fraction of sp³-hybridized carbons (Fsp3) is 0.286. The smallest absolute Gasteiger partial charge is 0.253 e. The minimum atomic E-state index is -0.472. The van der Waals surface area contributed by atoms with Gasteiger partial charge in [0.25, 0.3) is 5.91 Å². The maximum atomic E-state index is 15.3. The summed E-state index contributed by atoms with van der Waals surface area (Å²) in [5.41, 5.74) is 1.81. The molecule has 11 nitrogen and oxygen atoms in total. The number of nitrogens with one attached hydrogen (secondary N) is 1. The molecule has 0 saturated carbocycles. The van der Waals surface area contributed by atoms with Crippen LogP contribution in [-0.4, -0.2) is 66.9 Å². The third-order valence-electron chi connectivity index (χ3n) is 5.25. The second kappa shape index (κ2) is 8.92. The Labute approximate surface area is 187 Å². The largest absolute Gasteiger partial charge is 0.394 e.